The van der Waals surface area contributed by atoms with E-state index >= 15 is 0 Å². The lowest BCUT2D eigenvalue weighted by molar-refractivity contribution is 0.930. The molecule has 3 rings (SSSR count). The van der Waals surface area contributed by atoms with E-state index < -0.39 is 0 Å². The van der Waals surface area contributed by atoms with Crippen molar-refractivity contribution in [1.29, 1.82) is 0 Å². The summed E-state index contributed by atoms with van der Waals surface area (Å²) in [6.07, 6.45) is 7.33. The molecule has 0 atom stereocenters. The molecule has 2 heterocycles. The summed E-state index contributed by atoms with van der Waals surface area (Å²) < 4.78 is 0. The number of para-hydroxylation sites is 1. The Hall–Kier alpha value is -1.57. The predicted molar refractivity (Wildman–Crippen MR) is 54.2 cm³/mol. The minimum Gasteiger partial charge on any atom is -0.327 e. The number of hydrogen-bond donors (Lipinski definition) is 0. The van der Waals surface area contributed by atoms with Crippen LogP contribution in [-0.4, -0.2) is 12.9 Å². The maximum Gasteiger partial charge on any atom is 0.114 e. The number of rotatable bonds is 0. The van der Waals surface area contributed by atoms with Gasteiger partial charge in [0, 0.05) is 18.0 Å². The van der Waals surface area contributed by atoms with Crippen LogP contribution in [0.15, 0.2) is 35.5 Å². The molecule has 1 aromatic carbocycles. The van der Waals surface area contributed by atoms with Gasteiger partial charge in [-0.25, -0.2) is 0 Å². The maximum atomic E-state index is 4.30. The van der Waals surface area contributed by atoms with Crippen LogP contribution in [-0.2, 0) is 6.42 Å². The molecule has 0 amide bonds. The minimum absolute atomic E-state index is 0.764. The molecule has 0 unspecified atom stereocenters. The topological polar surface area (TPSA) is 15.6 Å². The van der Waals surface area contributed by atoms with Crippen LogP contribution in [0.5, 0.6) is 0 Å². The predicted octanol–water partition coefficient (Wildman–Crippen LogP) is 1.95. The number of aliphatic imine (C=N–C) groups is 1. The third-order valence-electron chi connectivity index (χ3n) is 2.53. The zero-order valence-electron chi connectivity index (χ0n) is 7.27. The van der Waals surface area contributed by atoms with Crippen LogP contribution < -0.4 is 4.90 Å². The molecule has 0 bridgehead atoms. The first-order valence-electron chi connectivity index (χ1n) is 4.50. The van der Waals surface area contributed by atoms with Gasteiger partial charge in [-0.15, -0.1) is 0 Å². The molecule has 0 fully saturated rings. The molecular weight excluding hydrogens is 160 g/mol. The third kappa shape index (κ3) is 0.917. The number of benzene rings is 1. The van der Waals surface area contributed by atoms with E-state index in [1.807, 2.05) is 6.21 Å². The zero-order valence-corrected chi connectivity index (χ0v) is 7.27. The van der Waals surface area contributed by atoms with E-state index in [2.05, 4.69) is 40.4 Å². The van der Waals surface area contributed by atoms with Crippen LogP contribution in [0.2, 0.25) is 0 Å². The average molecular weight is 170 g/mol. The van der Waals surface area contributed by atoms with Crippen LogP contribution in [0.1, 0.15) is 11.1 Å². The van der Waals surface area contributed by atoms with Gasteiger partial charge in [0.15, 0.2) is 0 Å². The quantitative estimate of drug-likeness (QED) is 0.581. The highest BCUT2D eigenvalue weighted by atomic mass is 15.2. The van der Waals surface area contributed by atoms with Crippen molar-refractivity contribution in [3.63, 3.8) is 0 Å². The Balaban J connectivity index is 2.29. The van der Waals surface area contributed by atoms with Crippen LogP contribution in [0.25, 0.3) is 0 Å². The van der Waals surface area contributed by atoms with Crippen LogP contribution in [0.4, 0.5) is 5.69 Å². The Bertz CT molecular complexity index is 405. The Kier molecular flexibility index (Phi) is 1.30. The van der Waals surface area contributed by atoms with E-state index in [0.29, 0.717) is 0 Å². The van der Waals surface area contributed by atoms with E-state index in [4.69, 9.17) is 0 Å². The number of nitrogens with zero attached hydrogens (tertiary/aromatic N) is 2. The molecule has 2 aliphatic heterocycles. The smallest absolute Gasteiger partial charge is 0.114 e. The lowest BCUT2D eigenvalue weighted by Gasteiger charge is -2.29. The van der Waals surface area contributed by atoms with Crippen molar-refractivity contribution in [2.75, 3.05) is 11.6 Å². The molecule has 2 nitrogen and oxygen atoms in total. The van der Waals surface area contributed by atoms with Gasteiger partial charge < -0.3 is 4.90 Å². The first kappa shape index (κ1) is 6.89. The van der Waals surface area contributed by atoms with Crippen LogP contribution >= 0.6 is 0 Å². The average Bonchev–Trinajstić information content (AvgIpc) is 2.19. The number of hydrogen-bond acceptors (Lipinski definition) is 2. The van der Waals surface area contributed by atoms with E-state index in [9.17, 15) is 0 Å². The van der Waals surface area contributed by atoms with Crippen molar-refractivity contribution in [1.82, 2.24) is 0 Å². The lowest BCUT2D eigenvalue weighted by atomic mass is 10.0. The lowest BCUT2D eigenvalue weighted by Crippen LogP contribution is -2.24. The van der Waals surface area contributed by atoms with E-state index in [1.54, 1.807) is 0 Å². The van der Waals surface area contributed by atoms with Gasteiger partial charge in [0.2, 0.25) is 0 Å². The Morgan fingerprint density at radius 2 is 2.31 bits per heavy atom. The van der Waals surface area contributed by atoms with Crippen molar-refractivity contribution in [2.24, 2.45) is 4.99 Å². The Labute approximate surface area is 77.2 Å². The maximum absolute atomic E-state index is 4.30. The van der Waals surface area contributed by atoms with E-state index in [1.165, 1.54) is 16.8 Å². The van der Waals surface area contributed by atoms with Gasteiger partial charge in [-0.2, -0.15) is 0 Å². The molecule has 0 aliphatic carbocycles. The molecule has 0 saturated heterocycles. The Morgan fingerprint density at radius 3 is 3.31 bits per heavy atom. The summed E-state index contributed by atoms with van der Waals surface area (Å²) in [4.78, 5) is 6.50. The second kappa shape index (κ2) is 2.46. The summed E-state index contributed by atoms with van der Waals surface area (Å²) in [5.74, 6) is 0. The molecule has 0 radical (unpaired) electrons. The normalized spacial score (nSPS) is 17.4. The molecular formula is C11H10N2. The summed E-state index contributed by atoms with van der Waals surface area (Å²) in [5, 5.41) is 0. The first-order chi connectivity index (χ1) is 6.45. The van der Waals surface area contributed by atoms with Gasteiger partial charge >= 0.3 is 0 Å². The Morgan fingerprint density at radius 1 is 1.31 bits per heavy atom. The largest absolute Gasteiger partial charge is 0.327 e. The summed E-state index contributed by atoms with van der Waals surface area (Å²) in [6.45, 7) is 0.764. The molecule has 0 saturated carbocycles. The molecule has 1 aromatic rings. The number of allylic oxidation sites excluding steroid dienone is 1. The summed E-state index contributed by atoms with van der Waals surface area (Å²) in [5.41, 5.74) is 4.00. The zero-order chi connectivity index (χ0) is 8.67. The van der Waals surface area contributed by atoms with Crippen LogP contribution in [0.3, 0.4) is 0 Å². The molecule has 2 heteroatoms. The third-order valence-corrected chi connectivity index (χ3v) is 2.53. The fourth-order valence-electron chi connectivity index (χ4n) is 1.96. The SMILES string of the molecule is C1=CN2CN=Cc3cccc(c32)C1. The molecule has 0 spiro atoms. The van der Waals surface area contributed by atoms with E-state index in [-0.39, 0.29) is 0 Å². The van der Waals surface area contributed by atoms with Crippen molar-refractivity contribution in [3.05, 3.63) is 41.6 Å². The standard InChI is InChI=1S/C11H10N2/c1-3-9-5-2-6-13-8-12-7-10(4-1)11(9)13/h1-4,6-7H,5,8H2. The van der Waals surface area contributed by atoms with Crippen molar-refractivity contribution >= 4 is 11.9 Å². The van der Waals surface area contributed by atoms with Gasteiger partial charge in [0.05, 0.1) is 5.69 Å². The highest BCUT2D eigenvalue weighted by Gasteiger charge is 2.17. The molecule has 64 valence electrons. The second-order valence-electron chi connectivity index (χ2n) is 3.37. The minimum atomic E-state index is 0.764. The van der Waals surface area contributed by atoms with Crippen molar-refractivity contribution in [2.45, 2.75) is 6.42 Å². The summed E-state index contributed by atoms with van der Waals surface area (Å²) in [7, 11) is 0. The van der Waals surface area contributed by atoms with Gasteiger partial charge in [0.25, 0.3) is 0 Å². The highest BCUT2D eigenvalue weighted by Crippen LogP contribution is 2.30. The summed E-state index contributed by atoms with van der Waals surface area (Å²) in [6, 6.07) is 6.41. The number of anilines is 1. The van der Waals surface area contributed by atoms with Gasteiger partial charge in [0.1, 0.15) is 6.67 Å². The fraction of sp³-hybridized carbons (Fsp3) is 0.182. The molecule has 2 aliphatic rings. The molecule has 0 N–H and O–H groups in total. The van der Waals surface area contributed by atoms with Crippen molar-refractivity contribution in [3.8, 4) is 0 Å². The van der Waals surface area contributed by atoms with Crippen LogP contribution in [0, 0.1) is 0 Å². The van der Waals surface area contributed by atoms with Crippen molar-refractivity contribution < 1.29 is 0 Å². The van der Waals surface area contributed by atoms with Gasteiger partial charge in [-0.05, 0) is 12.0 Å². The van der Waals surface area contributed by atoms with Gasteiger partial charge in [-0.1, -0.05) is 24.3 Å². The molecule has 13 heavy (non-hydrogen) atoms. The highest BCUT2D eigenvalue weighted by molar-refractivity contribution is 5.91. The molecule has 0 aromatic heterocycles. The van der Waals surface area contributed by atoms with Gasteiger partial charge in [-0.3, -0.25) is 4.99 Å². The van der Waals surface area contributed by atoms with E-state index in [0.717, 1.165) is 13.1 Å². The second-order valence-corrected chi connectivity index (χ2v) is 3.37. The summed E-state index contributed by atoms with van der Waals surface area (Å²) >= 11 is 0. The monoisotopic (exact) mass is 170 g/mol. The fourth-order valence-corrected chi connectivity index (χ4v) is 1.96. The first-order valence-corrected chi connectivity index (χ1v) is 4.50.